The molecular formula is C23H22BrF2N3O4. The van der Waals surface area contributed by atoms with Crippen LogP contribution in [0.4, 0.5) is 8.78 Å². The van der Waals surface area contributed by atoms with Crippen LogP contribution in [0.2, 0.25) is 0 Å². The molecule has 3 aromatic rings. The van der Waals surface area contributed by atoms with Crippen LogP contribution in [0.3, 0.4) is 0 Å². The maximum absolute atomic E-state index is 13.8. The van der Waals surface area contributed by atoms with Gasteiger partial charge in [-0.05, 0) is 52.7 Å². The van der Waals surface area contributed by atoms with Gasteiger partial charge in [0.1, 0.15) is 28.5 Å². The van der Waals surface area contributed by atoms with Crippen molar-refractivity contribution in [2.75, 3.05) is 20.2 Å². The lowest BCUT2D eigenvalue weighted by Crippen LogP contribution is -2.29. The Morgan fingerprint density at radius 3 is 2.55 bits per heavy atom. The zero-order valence-electron chi connectivity index (χ0n) is 18.0. The molecule has 10 heteroatoms. The zero-order valence-corrected chi connectivity index (χ0v) is 19.6. The van der Waals surface area contributed by atoms with E-state index in [-0.39, 0.29) is 53.7 Å². The number of aromatic nitrogens is 2. The number of aliphatic hydroxyl groups is 1. The molecule has 1 aromatic heterocycles. The van der Waals surface area contributed by atoms with Crippen LogP contribution in [0.1, 0.15) is 27.3 Å². The highest BCUT2D eigenvalue weighted by molar-refractivity contribution is 9.10. The van der Waals surface area contributed by atoms with Gasteiger partial charge in [-0.1, -0.05) is 12.1 Å². The first-order chi connectivity index (χ1) is 15.7. The number of halogens is 3. The first-order valence-corrected chi connectivity index (χ1v) is 10.8. The predicted octanol–water partition coefficient (Wildman–Crippen LogP) is 3.28. The first-order valence-electron chi connectivity index (χ1n) is 10.00. The van der Waals surface area contributed by atoms with E-state index in [0.29, 0.717) is 11.4 Å². The van der Waals surface area contributed by atoms with Crippen LogP contribution in [0.5, 0.6) is 5.88 Å². The summed E-state index contributed by atoms with van der Waals surface area (Å²) in [6, 6.07) is 9.93. The summed E-state index contributed by atoms with van der Waals surface area (Å²) in [7, 11) is 1.60. The second-order valence-electron chi connectivity index (χ2n) is 7.34. The van der Waals surface area contributed by atoms with E-state index >= 15 is 0 Å². The van der Waals surface area contributed by atoms with Gasteiger partial charge in [0.2, 0.25) is 5.88 Å². The minimum Gasteiger partial charge on any atom is -0.472 e. The number of carbonyl (C=O) groups is 1. The number of rotatable bonds is 8. The summed E-state index contributed by atoms with van der Waals surface area (Å²) in [5.74, 6) is -1.28. The van der Waals surface area contributed by atoms with Crippen molar-refractivity contribution in [1.29, 1.82) is 0 Å². The Kier molecular flexibility index (Phi) is 7.93. The fourth-order valence-electron chi connectivity index (χ4n) is 3.09. The van der Waals surface area contributed by atoms with Gasteiger partial charge in [0, 0.05) is 30.8 Å². The van der Waals surface area contributed by atoms with Gasteiger partial charge >= 0.3 is 0 Å². The highest BCUT2D eigenvalue weighted by Crippen LogP contribution is 2.21. The average molecular weight is 522 g/mol. The largest absolute Gasteiger partial charge is 0.472 e. The quantitative estimate of drug-likeness (QED) is 0.491. The van der Waals surface area contributed by atoms with Gasteiger partial charge in [0.25, 0.3) is 11.5 Å². The van der Waals surface area contributed by atoms with E-state index in [1.165, 1.54) is 15.5 Å². The number of aliphatic hydroxyl groups excluding tert-OH is 1. The summed E-state index contributed by atoms with van der Waals surface area (Å²) >= 11 is 3.20. The molecule has 0 radical (unpaired) electrons. The molecule has 0 fully saturated rings. The Bertz CT molecular complexity index is 1220. The molecule has 33 heavy (non-hydrogen) atoms. The molecule has 0 aliphatic heterocycles. The van der Waals surface area contributed by atoms with E-state index in [1.807, 2.05) is 0 Å². The maximum Gasteiger partial charge on any atom is 0.272 e. The number of hydrogen-bond donors (Lipinski definition) is 1. The zero-order chi connectivity index (χ0) is 24.1. The Balaban J connectivity index is 1.76. The number of ether oxygens (including phenoxy) is 1. The van der Waals surface area contributed by atoms with Gasteiger partial charge in [0.05, 0.1) is 13.2 Å². The van der Waals surface area contributed by atoms with Crippen molar-refractivity contribution in [1.82, 2.24) is 14.5 Å². The molecule has 3 rings (SSSR count). The number of carbonyl (C=O) groups excluding carboxylic acids is 1. The Hall–Kier alpha value is -3.11. The molecule has 0 unspecified atom stereocenters. The average Bonchev–Trinajstić information content (AvgIpc) is 2.79. The van der Waals surface area contributed by atoms with Gasteiger partial charge < -0.3 is 14.7 Å². The van der Waals surface area contributed by atoms with E-state index in [9.17, 15) is 18.4 Å². The molecular weight excluding hydrogens is 500 g/mol. The minimum absolute atomic E-state index is 0.00494. The maximum atomic E-state index is 13.8. The predicted molar refractivity (Wildman–Crippen MR) is 121 cm³/mol. The fraction of sp³-hybridized carbons (Fsp3) is 0.261. The lowest BCUT2D eigenvalue weighted by atomic mass is 10.1. The summed E-state index contributed by atoms with van der Waals surface area (Å²) in [6.45, 7) is 1.74. The number of nitrogens with zero attached hydrogens (tertiary/aromatic N) is 3. The lowest BCUT2D eigenvalue weighted by Gasteiger charge is -2.16. The standard InChI is InChI=1S/C23H22BrF2N3O4/c1-14-27-21(33-13-17-7-8-18(25)11-19(17)26)20(24)23(32)29(14)12-15-3-5-16(6-4-15)22(31)28(2)9-10-30/h3-8,11,30H,9-10,12-13H2,1-2H3. The SMILES string of the molecule is Cc1nc(OCc2ccc(F)cc2F)c(Br)c(=O)n1Cc1ccc(C(=O)N(C)CCO)cc1. The minimum atomic E-state index is -0.749. The van der Waals surface area contributed by atoms with Crippen LogP contribution in [-0.2, 0) is 13.2 Å². The summed E-state index contributed by atoms with van der Waals surface area (Å²) in [5, 5.41) is 8.97. The molecule has 0 aliphatic carbocycles. The van der Waals surface area contributed by atoms with E-state index in [2.05, 4.69) is 20.9 Å². The smallest absolute Gasteiger partial charge is 0.272 e. The Morgan fingerprint density at radius 1 is 1.21 bits per heavy atom. The monoisotopic (exact) mass is 521 g/mol. The first kappa shape index (κ1) is 24.5. The molecule has 1 heterocycles. The molecule has 1 N–H and O–H groups in total. The number of aryl methyl sites for hydroxylation is 1. The van der Waals surface area contributed by atoms with Crippen molar-refractivity contribution in [2.24, 2.45) is 0 Å². The molecule has 0 aliphatic rings. The Labute approximate surface area is 197 Å². The van der Waals surface area contributed by atoms with Crippen LogP contribution in [0.15, 0.2) is 51.7 Å². The molecule has 0 bridgehead atoms. The number of amides is 1. The van der Waals surface area contributed by atoms with E-state index < -0.39 is 11.6 Å². The molecule has 0 saturated heterocycles. The number of hydrogen-bond acceptors (Lipinski definition) is 5. The van der Waals surface area contributed by atoms with Crippen molar-refractivity contribution in [3.63, 3.8) is 0 Å². The van der Waals surface area contributed by atoms with Crippen molar-refractivity contribution in [3.05, 3.63) is 91.4 Å². The van der Waals surface area contributed by atoms with Crippen molar-refractivity contribution in [3.8, 4) is 5.88 Å². The second kappa shape index (κ2) is 10.7. The normalized spacial score (nSPS) is 10.8. The highest BCUT2D eigenvalue weighted by atomic mass is 79.9. The summed E-state index contributed by atoms with van der Waals surface area (Å²) in [4.78, 5) is 30.9. The van der Waals surface area contributed by atoms with Gasteiger partial charge in [-0.15, -0.1) is 0 Å². The molecule has 2 aromatic carbocycles. The Morgan fingerprint density at radius 2 is 1.91 bits per heavy atom. The molecule has 1 amide bonds. The third-order valence-corrected chi connectivity index (χ3v) is 5.66. The molecule has 0 saturated carbocycles. The van der Waals surface area contributed by atoms with Crippen LogP contribution < -0.4 is 10.3 Å². The highest BCUT2D eigenvalue weighted by Gasteiger charge is 2.16. The summed E-state index contributed by atoms with van der Waals surface area (Å²) in [6.07, 6.45) is 0. The summed E-state index contributed by atoms with van der Waals surface area (Å²) < 4.78 is 33.9. The van der Waals surface area contributed by atoms with E-state index in [0.717, 1.165) is 17.7 Å². The number of likely N-dealkylation sites (N-methyl/N-ethyl adjacent to an activating group) is 1. The molecule has 0 spiro atoms. The van der Waals surface area contributed by atoms with E-state index in [1.54, 1.807) is 38.2 Å². The van der Waals surface area contributed by atoms with Crippen LogP contribution in [-0.4, -0.2) is 45.7 Å². The van der Waals surface area contributed by atoms with Gasteiger partial charge in [-0.3, -0.25) is 14.2 Å². The lowest BCUT2D eigenvalue weighted by molar-refractivity contribution is 0.0767. The fourth-order valence-corrected chi connectivity index (χ4v) is 3.50. The van der Waals surface area contributed by atoms with Crippen LogP contribution in [0.25, 0.3) is 0 Å². The summed E-state index contributed by atoms with van der Waals surface area (Å²) in [5.41, 5.74) is 0.985. The van der Waals surface area contributed by atoms with Crippen molar-refractivity contribution in [2.45, 2.75) is 20.1 Å². The number of benzene rings is 2. The third kappa shape index (κ3) is 5.82. The molecule has 174 valence electrons. The topological polar surface area (TPSA) is 84.7 Å². The van der Waals surface area contributed by atoms with Gasteiger partial charge in [0.15, 0.2) is 0 Å². The van der Waals surface area contributed by atoms with Gasteiger partial charge in [-0.25, -0.2) is 8.78 Å². The van der Waals surface area contributed by atoms with E-state index in [4.69, 9.17) is 9.84 Å². The van der Waals surface area contributed by atoms with Crippen molar-refractivity contribution < 1.29 is 23.4 Å². The van der Waals surface area contributed by atoms with Crippen LogP contribution >= 0.6 is 15.9 Å². The van der Waals surface area contributed by atoms with Crippen molar-refractivity contribution >= 4 is 21.8 Å². The molecule has 7 nitrogen and oxygen atoms in total. The second-order valence-corrected chi connectivity index (χ2v) is 8.13. The van der Waals surface area contributed by atoms with Gasteiger partial charge in [-0.2, -0.15) is 4.98 Å². The molecule has 0 atom stereocenters. The van der Waals surface area contributed by atoms with Crippen LogP contribution in [0, 0.1) is 18.6 Å². The third-order valence-electron chi connectivity index (χ3n) is 4.98.